The zero-order chi connectivity index (χ0) is 9.97. The molecular formula is C11H16BrNS. The number of thiophene rings is 1. The summed E-state index contributed by atoms with van der Waals surface area (Å²) < 4.78 is 1.25. The molecule has 2 rings (SSSR count). The Bertz CT molecular complexity index is 297. The molecule has 1 heterocycles. The predicted molar refractivity (Wildman–Crippen MR) is 65.8 cm³/mol. The lowest BCUT2D eigenvalue weighted by molar-refractivity contribution is 0.510. The normalized spacial score (nSPS) is 28.7. The van der Waals surface area contributed by atoms with E-state index in [2.05, 4.69) is 27.4 Å². The molecule has 2 N–H and O–H groups in total. The second kappa shape index (κ2) is 4.77. The molecule has 0 radical (unpaired) electrons. The summed E-state index contributed by atoms with van der Waals surface area (Å²) in [6.07, 6.45) is 6.45. The number of rotatable bonds is 1. The third-order valence-corrected chi connectivity index (χ3v) is 5.05. The summed E-state index contributed by atoms with van der Waals surface area (Å²) in [4.78, 5) is 1.46. The van der Waals surface area contributed by atoms with Gasteiger partial charge in [0.1, 0.15) is 0 Å². The third-order valence-electron chi connectivity index (χ3n) is 3.05. The summed E-state index contributed by atoms with van der Waals surface area (Å²) in [7, 11) is 0. The molecule has 0 aromatic carbocycles. The average Bonchev–Trinajstić information content (AvgIpc) is 2.46. The molecule has 1 aromatic heterocycles. The Balaban J connectivity index is 2.19. The van der Waals surface area contributed by atoms with E-state index in [4.69, 9.17) is 5.73 Å². The van der Waals surface area contributed by atoms with E-state index in [-0.39, 0.29) is 0 Å². The van der Waals surface area contributed by atoms with Crippen LogP contribution in [-0.2, 0) is 0 Å². The Morgan fingerprint density at radius 2 is 2.07 bits per heavy atom. The highest BCUT2D eigenvalue weighted by Crippen LogP contribution is 2.37. The lowest BCUT2D eigenvalue weighted by Crippen LogP contribution is -2.26. The van der Waals surface area contributed by atoms with Crippen LogP contribution < -0.4 is 5.73 Å². The highest BCUT2D eigenvalue weighted by atomic mass is 79.9. The molecule has 0 amide bonds. The predicted octanol–water partition coefficient (Wildman–Crippen LogP) is 3.89. The fourth-order valence-electron chi connectivity index (χ4n) is 2.23. The molecule has 1 nitrogen and oxygen atoms in total. The fraction of sp³-hybridized carbons (Fsp3) is 0.636. The largest absolute Gasteiger partial charge is 0.327 e. The van der Waals surface area contributed by atoms with Gasteiger partial charge in [0, 0.05) is 21.3 Å². The fourth-order valence-corrected chi connectivity index (χ4v) is 4.11. The topological polar surface area (TPSA) is 26.0 Å². The van der Waals surface area contributed by atoms with E-state index >= 15 is 0 Å². The molecule has 1 aromatic rings. The molecule has 1 fully saturated rings. The molecule has 3 heteroatoms. The van der Waals surface area contributed by atoms with Gasteiger partial charge in [-0.15, -0.1) is 11.3 Å². The number of halogens is 1. The minimum absolute atomic E-state index is 0.368. The Kier molecular flexibility index (Phi) is 3.63. The molecule has 1 aliphatic rings. The van der Waals surface area contributed by atoms with Crippen LogP contribution >= 0.6 is 27.3 Å². The van der Waals surface area contributed by atoms with Gasteiger partial charge in [-0.05, 0) is 40.2 Å². The van der Waals surface area contributed by atoms with Crippen molar-refractivity contribution >= 4 is 27.3 Å². The van der Waals surface area contributed by atoms with Gasteiger partial charge >= 0.3 is 0 Å². The Labute approximate surface area is 97.8 Å². The summed E-state index contributed by atoms with van der Waals surface area (Å²) >= 11 is 5.45. The third kappa shape index (κ3) is 2.20. The van der Waals surface area contributed by atoms with Crippen molar-refractivity contribution in [3.63, 3.8) is 0 Å². The van der Waals surface area contributed by atoms with E-state index in [1.54, 1.807) is 0 Å². The number of nitrogens with two attached hydrogens (primary N) is 1. The maximum atomic E-state index is 6.22. The smallest absolute Gasteiger partial charge is 0.0317 e. The van der Waals surface area contributed by atoms with E-state index in [0.717, 1.165) is 0 Å². The first-order valence-electron chi connectivity index (χ1n) is 5.27. The van der Waals surface area contributed by atoms with Crippen LogP contribution in [0.5, 0.6) is 0 Å². The van der Waals surface area contributed by atoms with E-state index in [9.17, 15) is 0 Å². The standard InChI is InChI=1S/C11H16BrNS/c12-9-6-7-14-11(9)8-4-2-1-3-5-10(8)13/h6-8,10H,1-5,13H2. The monoisotopic (exact) mass is 273 g/mol. The molecular weight excluding hydrogens is 258 g/mol. The van der Waals surface area contributed by atoms with Gasteiger partial charge in [-0.3, -0.25) is 0 Å². The zero-order valence-electron chi connectivity index (χ0n) is 8.21. The van der Waals surface area contributed by atoms with Gasteiger partial charge in [0.05, 0.1) is 0 Å². The quantitative estimate of drug-likeness (QED) is 0.772. The van der Waals surface area contributed by atoms with E-state index in [0.29, 0.717) is 12.0 Å². The molecule has 0 spiro atoms. The molecule has 0 aliphatic heterocycles. The lowest BCUT2D eigenvalue weighted by atomic mass is 9.94. The average molecular weight is 274 g/mol. The van der Waals surface area contributed by atoms with Gasteiger partial charge in [0.15, 0.2) is 0 Å². The SMILES string of the molecule is NC1CCCCCC1c1sccc1Br. The Morgan fingerprint density at radius 1 is 1.29 bits per heavy atom. The molecule has 0 bridgehead atoms. The van der Waals surface area contributed by atoms with Crippen LogP contribution in [-0.4, -0.2) is 6.04 Å². The Hall–Kier alpha value is 0.140. The van der Waals surface area contributed by atoms with Crippen molar-refractivity contribution < 1.29 is 0 Å². The molecule has 14 heavy (non-hydrogen) atoms. The lowest BCUT2D eigenvalue weighted by Gasteiger charge is -2.20. The molecule has 2 atom stereocenters. The van der Waals surface area contributed by atoms with Crippen molar-refractivity contribution in [2.24, 2.45) is 5.73 Å². The van der Waals surface area contributed by atoms with Gasteiger partial charge in [0.2, 0.25) is 0 Å². The van der Waals surface area contributed by atoms with Crippen LogP contribution in [0.1, 0.15) is 42.9 Å². The highest BCUT2D eigenvalue weighted by molar-refractivity contribution is 9.10. The van der Waals surface area contributed by atoms with Crippen molar-refractivity contribution in [3.8, 4) is 0 Å². The van der Waals surface area contributed by atoms with Gasteiger partial charge < -0.3 is 5.73 Å². The maximum Gasteiger partial charge on any atom is 0.0317 e. The molecule has 1 saturated carbocycles. The van der Waals surface area contributed by atoms with Crippen LogP contribution in [0.25, 0.3) is 0 Å². The van der Waals surface area contributed by atoms with Crippen molar-refractivity contribution in [2.75, 3.05) is 0 Å². The molecule has 78 valence electrons. The maximum absolute atomic E-state index is 6.22. The Morgan fingerprint density at radius 3 is 2.79 bits per heavy atom. The van der Waals surface area contributed by atoms with Gasteiger partial charge in [-0.25, -0.2) is 0 Å². The van der Waals surface area contributed by atoms with Gasteiger partial charge in [-0.1, -0.05) is 19.3 Å². The summed E-state index contributed by atoms with van der Waals surface area (Å²) in [6, 6.07) is 2.50. The van der Waals surface area contributed by atoms with Crippen molar-refractivity contribution in [2.45, 2.75) is 44.1 Å². The minimum atomic E-state index is 0.368. The summed E-state index contributed by atoms with van der Waals surface area (Å²) in [6.45, 7) is 0. The summed E-state index contributed by atoms with van der Waals surface area (Å²) in [5, 5.41) is 2.15. The van der Waals surface area contributed by atoms with E-state index in [1.165, 1.54) is 41.5 Å². The van der Waals surface area contributed by atoms with Gasteiger partial charge in [-0.2, -0.15) is 0 Å². The number of hydrogen-bond acceptors (Lipinski definition) is 2. The molecule has 1 aliphatic carbocycles. The first-order chi connectivity index (χ1) is 6.79. The van der Waals surface area contributed by atoms with Crippen LogP contribution in [0.3, 0.4) is 0 Å². The highest BCUT2D eigenvalue weighted by Gasteiger charge is 2.24. The van der Waals surface area contributed by atoms with Crippen LogP contribution in [0.4, 0.5) is 0 Å². The van der Waals surface area contributed by atoms with E-state index in [1.807, 2.05) is 11.3 Å². The van der Waals surface area contributed by atoms with Gasteiger partial charge in [0.25, 0.3) is 0 Å². The second-order valence-corrected chi connectivity index (χ2v) is 5.84. The van der Waals surface area contributed by atoms with Crippen LogP contribution in [0.15, 0.2) is 15.9 Å². The zero-order valence-corrected chi connectivity index (χ0v) is 10.6. The minimum Gasteiger partial charge on any atom is -0.327 e. The van der Waals surface area contributed by atoms with E-state index < -0.39 is 0 Å². The first kappa shape index (κ1) is 10.7. The van der Waals surface area contributed by atoms with Crippen LogP contribution in [0.2, 0.25) is 0 Å². The van der Waals surface area contributed by atoms with Crippen molar-refractivity contribution in [1.29, 1.82) is 0 Å². The summed E-state index contributed by atoms with van der Waals surface area (Å²) in [5.74, 6) is 0.590. The molecule has 0 saturated heterocycles. The van der Waals surface area contributed by atoms with Crippen molar-refractivity contribution in [1.82, 2.24) is 0 Å². The molecule has 2 unspecified atom stereocenters. The number of hydrogen-bond donors (Lipinski definition) is 1. The van der Waals surface area contributed by atoms with Crippen LogP contribution in [0, 0.1) is 0 Å². The second-order valence-electron chi connectivity index (χ2n) is 4.04. The first-order valence-corrected chi connectivity index (χ1v) is 6.95. The van der Waals surface area contributed by atoms with Crippen molar-refractivity contribution in [3.05, 3.63) is 20.8 Å². The summed E-state index contributed by atoms with van der Waals surface area (Å²) in [5.41, 5.74) is 6.22.